The number of hydrogen-bond acceptors (Lipinski definition) is 3. The molecule has 0 amide bonds. The van der Waals surface area contributed by atoms with Crippen molar-refractivity contribution in [2.45, 2.75) is 46.1 Å². The average Bonchev–Trinajstić information content (AvgIpc) is 2.71. The van der Waals surface area contributed by atoms with E-state index >= 15 is 0 Å². The predicted molar refractivity (Wildman–Crippen MR) is 82.3 cm³/mol. The molecule has 0 saturated carbocycles. The second-order valence-corrected chi connectivity index (χ2v) is 6.34. The van der Waals surface area contributed by atoms with Gasteiger partial charge < -0.3 is 15.2 Å². The van der Waals surface area contributed by atoms with E-state index in [9.17, 15) is 5.11 Å². The van der Waals surface area contributed by atoms with E-state index in [0.29, 0.717) is 17.6 Å². The summed E-state index contributed by atoms with van der Waals surface area (Å²) in [6.45, 7) is 11.0. The fourth-order valence-corrected chi connectivity index (χ4v) is 3.15. The van der Waals surface area contributed by atoms with E-state index in [-0.39, 0.29) is 6.04 Å². The second kappa shape index (κ2) is 6.59. The van der Waals surface area contributed by atoms with Crippen LogP contribution in [0.25, 0.3) is 0 Å². The highest BCUT2D eigenvalue weighted by Gasteiger charge is 2.31. The molecule has 0 spiro atoms. The highest BCUT2D eigenvalue weighted by Crippen LogP contribution is 2.45. The predicted octanol–water partition coefficient (Wildman–Crippen LogP) is 3.51. The van der Waals surface area contributed by atoms with E-state index in [4.69, 9.17) is 4.74 Å². The molecule has 0 radical (unpaired) electrons. The summed E-state index contributed by atoms with van der Waals surface area (Å²) in [6.07, 6.45) is 1.05. The first-order chi connectivity index (χ1) is 9.50. The first-order valence-corrected chi connectivity index (χ1v) is 7.64. The van der Waals surface area contributed by atoms with Crippen LogP contribution >= 0.6 is 0 Å². The quantitative estimate of drug-likeness (QED) is 0.782. The summed E-state index contributed by atoms with van der Waals surface area (Å²) < 4.78 is 5.60. The number of fused-ring (bicyclic) bond motifs is 1. The standard InChI is InChI=1S/C17H27NO2/c1-11(2)10-20-8-7-18-14-9-13(4)16-12(3)5-6-15(19)17(14)16/h5-6,11,13-14,18-19H,7-10H2,1-4H3. The van der Waals surface area contributed by atoms with Crippen molar-refractivity contribution in [1.29, 1.82) is 0 Å². The molecular formula is C17H27NO2. The Kier molecular flexibility index (Phi) is 5.06. The van der Waals surface area contributed by atoms with E-state index in [0.717, 1.165) is 31.7 Å². The van der Waals surface area contributed by atoms with Crippen LogP contribution in [0.2, 0.25) is 0 Å². The minimum absolute atomic E-state index is 0.252. The zero-order chi connectivity index (χ0) is 14.7. The Balaban J connectivity index is 1.95. The van der Waals surface area contributed by atoms with E-state index in [1.165, 1.54) is 11.1 Å². The molecule has 2 rings (SSSR count). The van der Waals surface area contributed by atoms with Gasteiger partial charge in [0.05, 0.1) is 6.61 Å². The van der Waals surface area contributed by atoms with Crippen molar-refractivity contribution in [3.63, 3.8) is 0 Å². The Hall–Kier alpha value is -1.06. The number of rotatable bonds is 6. The zero-order valence-electron chi connectivity index (χ0n) is 13.1. The van der Waals surface area contributed by atoms with Crippen LogP contribution in [0.1, 0.15) is 55.8 Å². The summed E-state index contributed by atoms with van der Waals surface area (Å²) >= 11 is 0. The minimum Gasteiger partial charge on any atom is -0.508 e. The number of nitrogens with one attached hydrogen (secondary N) is 1. The molecule has 1 aliphatic rings. The van der Waals surface area contributed by atoms with Crippen molar-refractivity contribution >= 4 is 0 Å². The van der Waals surface area contributed by atoms with Gasteiger partial charge >= 0.3 is 0 Å². The molecule has 0 aromatic heterocycles. The monoisotopic (exact) mass is 277 g/mol. The Bertz CT molecular complexity index is 457. The van der Waals surface area contributed by atoms with Gasteiger partial charge in [-0.2, -0.15) is 0 Å². The number of phenolic OH excluding ortho intramolecular Hbond substituents is 1. The molecule has 0 heterocycles. The van der Waals surface area contributed by atoms with Gasteiger partial charge in [0.1, 0.15) is 5.75 Å². The number of aryl methyl sites for hydroxylation is 1. The van der Waals surface area contributed by atoms with Gasteiger partial charge in [0.15, 0.2) is 0 Å². The Morgan fingerprint density at radius 1 is 1.35 bits per heavy atom. The van der Waals surface area contributed by atoms with Gasteiger partial charge in [-0.1, -0.05) is 26.8 Å². The van der Waals surface area contributed by atoms with Crippen molar-refractivity contribution in [2.75, 3.05) is 19.8 Å². The van der Waals surface area contributed by atoms with E-state index in [1.807, 2.05) is 12.1 Å². The third-order valence-electron chi connectivity index (χ3n) is 4.00. The lowest BCUT2D eigenvalue weighted by Gasteiger charge is -2.16. The maximum Gasteiger partial charge on any atom is 0.120 e. The van der Waals surface area contributed by atoms with Crippen LogP contribution in [0.15, 0.2) is 12.1 Å². The summed E-state index contributed by atoms with van der Waals surface area (Å²) in [5, 5.41) is 13.7. The first kappa shape index (κ1) is 15.3. The molecule has 20 heavy (non-hydrogen) atoms. The summed E-state index contributed by atoms with van der Waals surface area (Å²) in [4.78, 5) is 0. The molecule has 2 unspecified atom stereocenters. The number of ether oxygens (including phenoxy) is 1. The number of benzene rings is 1. The lowest BCUT2D eigenvalue weighted by Crippen LogP contribution is -2.24. The third-order valence-corrected chi connectivity index (χ3v) is 4.00. The molecule has 0 saturated heterocycles. The van der Waals surface area contributed by atoms with Crippen molar-refractivity contribution in [3.05, 3.63) is 28.8 Å². The molecule has 3 nitrogen and oxygen atoms in total. The fourth-order valence-electron chi connectivity index (χ4n) is 3.15. The molecule has 0 aliphatic heterocycles. The van der Waals surface area contributed by atoms with E-state index in [1.54, 1.807) is 0 Å². The normalized spacial score (nSPS) is 21.4. The van der Waals surface area contributed by atoms with Crippen LogP contribution in [0.3, 0.4) is 0 Å². The molecule has 1 aromatic rings. The third kappa shape index (κ3) is 3.33. The maximum absolute atomic E-state index is 10.1. The summed E-state index contributed by atoms with van der Waals surface area (Å²) in [5.74, 6) is 1.51. The zero-order valence-corrected chi connectivity index (χ0v) is 13.1. The van der Waals surface area contributed by atoms with Crippen LogP contribution in [0.5, 0.6) is 5.75 Å². The van der Waals surface area contributed by atoms with Crippen LogP contribution in [0, 0.1) is 12.8 Å². The smallest absolute Gasteiger partial charge is 0.120 e. The molecule has 3 heteroatoms. The minimum atomic E-state index is 0.252. The van der Waals surface area contributed by atoms with Crippen LogP contribution in [-0.2, 0) is 4.74 Å². The lowest BCUT2D eigenvalue weighted by molar-refractivity contribution is 0.110. The Morgan fingerprint density at radius 2 is 2.10 bits per heavy atom. The second-order valence-electron chi connectivity index (χ2n) is 6.34. The van der Waals surface area contributed by atoms with Crippen molar-refractivity contribution in [2.24, 2.45) is 5.92 Å². The fraction of sp³-hybridized carbons (Fsp3) is 0.647. The van der Waals surface area contributed by atoms with Gasteiger partial charge in [-0.05, 0) is 42.4 Å². The van der Waals surface area contributed by atoms with Gasteiger partial charge in [0, 0.05) is 24.8 Å². The van der Waals surface area contributed by atoms with Gasteiger partial charge in [-0.15, -0.1) is 0 Å². The van der Waals surface area contributed by atoms with Crippen LogP contribution in [0.4, 0.5) is 0 Å². The molecule has 2 atom stereocenters. The van der Waals surface area contributed by atoms with Gasteiger partial charge in [0.25, 0.3) is 0 Å². The highest BCUT2D eigenvalue weighted by molar-refractivity contribution is 5.50. The Morgan fingerprint density at radius 3 is 2.80 bits per heavy atom. The van der Waals surface area contributed by atoms with Gasteiger partial charge in [0.2, 0.25) is 0 Å². The maximum atomic E-state index is 10.1. The van der Waals surface area contributed by atoms with Crippen molar-refractivity contribution in [3.8, 4) is 5.75 Å². The molecule has 0 fully saturated rings. The number of hydrogen-bond donors (Lipinski definition) is 2. The van der Waals surface area contributed by atoms with Crippen LogP contribution in [-0.4, -0.2) is 24.9 Å². The van der Waals surface area contributed by atoms with Gasteiger partial charge in [-0.3, -0.25) is 0 Å². The van der Waals surface area contributed by atoms with Gasteiger partial charge in [-0.25, -0.2) is 0 Å². The summed E-state index contributed by atoms with van der Waals surface area (Å²) in [5.41, 5.74) is 3.71. The highest BCUT2D eigenvalue weighted by atomic mass is 16.5. The molecule has 2 N–H and O–H groups in total. The molecule has 1 aliphatic carbocycles. The summed E-state index contributed by atoms with van der Waals surface area (Å²) in [6, 6.07) is 4.08. The van der Waals surface area contributed by atoms with E-state index < -0.39 is 0 Å². The largest absolute Gasteiger partial charge is 0.508 e. The SMILES string of the molecule is Cc1ccc(O)c2c1C(C)CC2NCCOCC(C)C. The number of aromatic hydroxyl groups is 1. The molecule has 0 bridgehead atoms. The Labute approximate surface area is 122 Å². The van der Waals surface area contributed by atoms with E-state index in [2.05, 4.69) is 33.0 Å². The van der Waals surface area contributed by atoms with Crippen LogP contribution < -0.4 is 5.32 Å². The first-order valence-electron chi connectivity index (χ1n) is 7.64. The lowest BCUT2D eigenvalue weighted by atomic mass is 9.97. The van der Waals surface area contributed by atoms with Crippen molar-refractivity contribution < 1.29 is 9.84 Å². The average molecular weight is 277 g/mol. The topological polar surface area (TPSA) is 41.5 Å². The summed E-state index contributed by atoms with van der Waals surface area (Å²) in [7, 11) is 0. The number of phenols is 1. The molecule has 112 valence electrons. The molecular weight excluding hydrogens is 250 g/mol. The van der Waals surface area contributed by atoms with Crippen molar-refractivity contribution in [1.82, 2.24) is 5.32 Å². The molecule has 1 aromatic carbocycles.